The predicted octanol–water partition coefficient (Wildman–Crippen LogP) is 5.70. The summed E-state index contributed by atoms with van der Waals surface area (Å²) in [4.78, 5) is 30.7. The molecule has 1 saturated carbocycles. The Morgan fingerprint density at radius 2 is 1.97 bits per heavy atom. The molecule has 3 heterocycles. The van der Waals surface area contributed by atoms with Gasteiger partial charge in [0.15, 0.2) is 0 Å². The molecule has 1 aliphatic carbocycles. The summed E-state index contributed by atoms with van der Waals surface area (Å²) >= 11 is 1.63. The maximum absolute atomic E-state index is 13.8. The van der Waals surface area contributed by atoms with E-state index in [1.54, 1.807) is 17.6 Å². The van der Waals surface area contributed by atoms with Crippen molar-refractivity contribution >= 4 is 23.2 Å². The van der Waals surface area contributed by atoms with Gasteiger partial charge in [0.25, 0.3) is 5.91 Å². The highest BCUT2D eigenvalue weighted by atomic mass is 32.1. The number of amides is 2. The first-order chi connectivity index (χ1) is 16.1. The van der Waals surface area contributed by atoms with Crippen LogP contribution < -0.4 is 5.32 Å². The second-order valence-electron chi connectivity index (χ2n) is 9.20. The lowest BCUT2D eigenvalue weighted by Crippen LogP contribution is -2.51. The van der Waals surface area contributed by atoms with Gasteiger partial charge in [-0.15, -0.1) is 11.3 Å². The number of aryl methyl sites for hydroxylation is 1. The molecule has 3 unspecified atom stereocenters. The van der Waals surface area contributed by atoms with E-state index in [1.807, 2.05) is 59.7 Å². The highest BCUT2D eigenvalue weighted by Crippen LogP contribution is 2.47. The average molecular weight is 463 g/mol. The van der Waals surface area contributed by atoms with Crippen LogP contribution in [0, 0.1) is 0 Å². The molecule has 2 aliphatic rings. The van der Waals surface area contributed by atoms with E-state index in [0.717, 1.165) is 54.7 Å². The van der Waals surface area contributed by atoms with Gasteiger partial charge in [-0.05, 0) is 61.4 Å². The van der Waals surface area contributed by atoms with Crippen molar-refractivity contribution in [2.75, 3.05) is 0 Å². The highest BCUT2D eigenvalue weighted by molar-refractivity contribution is 7.10. The maximum atomic E-state index is 13.8. The van der Waals surface area contributed by atoms with Crippen LogP contribution >= 0.6 is 11.3 Å². The van der Waals surface area contributed by atoms with Gasteiger partial charge in [-0.2, -0.15) is 0 Å². The number of hydrogen-bond acceptors (Lipinski definition) is 4. The highest BCUT2D eigenvalue weighted by Gasteiger charge is 2.47. The fourth-order valence-corrected chi connectivity index (χ4v) is 6.26. The Kier molecular flexibility index (Phi) is 6.36. The Hall–Kier alpha value is -2.86. The van der Waals surface area contributed by atoms with Crippen LogP contribution in [0.25, 0.3) is 0 Å². The van der Waals surface area contributed by atoms with Crippen molar-refractivity contribution in [3.63, 3.8) is 0 Å². The third kappa shape index (κ3) is 4.36. The van der Waals surface area contributed by atoms with E-state index in [-0.39, 0.29) is 29.9 Å². The molecule has 0 radical (unpaired) electrons. The van der Waals surface area contributed by atoms with Gasteiger partial charge in [-0.25, -0.2) is 0 Å². The number of hydrogen-bond donors (Lipinski definition) is 1. The normalized spacial score (nSPS) is 21.7. The van der Waals surface area contributed by atoms with Gasteiger partial charge in [0.1, 0.15) is 5.76 Å². The standard InChI is InChI=1S/C27H30N2O3S/c1-18(14-15-20-10-6-16-32-20)28-26(30)24-21-11-4-5-12-22(21)27(31)29(19-8-2-3-9-19)25(24)23-13-7-17-33-23/h4-7,10-13,16-19,24-25H,2-3,8-9,14-15H2,1H3,(H,28,30). The minimum Gasteiger partial charge on any atom is -0.469 e. The number of thiophene rings is 1. The molecule has 0 spiro atoms. The second-order valence-corrected chi connectivity index (χ2v) is 10.2. The second kappa shape index (κ2) is 9.56. The minimum absolute atomic E-state index is 0.00342. The minimum atomic E-state index is -0.427. The molecule has 1 fully saturated rings. The third-order valence-electron chi connectivity index (χ3n) is 7.00. The van der Waals surface area contributed by atoms with Crippen molar-refractivity contribution in [2.45, 2.75) is 69.5 Å². The molecule has 33 heavy (non-hydrogen) atoms. The van der Waals surface area contributed by atoms with Crippen LogP contribution in [0.1, 0.15) is 77.5 Å². The van der Waals surface area contributed by atoms with Gasteiger partial charge in [-0.1, -0.05) is 37.1 Å². The number of rotatable bonds is 7. The zero-order valence-electron chi connectivity index (χ0n) is 18.9. The number of nitrogens with zero attached hydrogens (tertiary/aromatic N) is 1. The molecule has 1 N–H and O–H groups in total. The molecule has 1 aromatic carbocycles. The van der Waals surface area contributed by atoms with Crippen LogP contribution in [0.15, 0.2) is 64.6 Å². The molecule has 3 aromatic rings. The Morgan fingerprint density at radius 3 is 2.70 bits per heavy atom. The van der Waals surface area contributed by atoms with Crippen LogP contribution in [-0.2, 0) is 11.2 Å². The van der Waals surface area contributed by atoms with Crippen LogP contribution in [0.3, 0.4) is 0 Å². The SMILES string of the molecule is CC(CCc1ccco1)NC(=O)C1c2ccccc2C(=O)N(C2CCCC2)C1c1cccs1. The van der Waals surface area contributed by atoms with Crippen LogP contribution in [0.2, 0.25) is 0 Å². The lowest BCUT2D eigenvalue weighted by Gasteiger charge is -2.44. The van der Waals surface area contributed by atoms with E-state index >= 15 is 0 Å². The fraction of sp³-hybridized carbons (Fsp3) is 0.407. The first-order valence-electron chi connectivity index (χ1n) is 11.9. The van der Waals surface area contributed by atoms with Crippen molar-refractivity contribution in [1.82, 2.24) is 10.2 Å². The molecule has 6 heteroatoms. The Labute approximate surface area is 198 Å². The predicted molar refractivity (Wildman–Crippen MR) is 129 cm³/mol. The van der Waals surface area contributed by atoms with Gasteiger partial charge < -0.3 is 14.6 Å². The Balaban J connectivity index is 1.47. The number of carbonyl (C=O) groups excluding carboxylic acids is 2. The summed E-state index contributed by atoms with van der Waals surface area (Å²) in [5.41, 5.74) is 1.51. The summed E-state index contributed by atoms with van der Waals surface area (Å²) in [6, 6.07) is 15.5. The number of fused-ring (bicyclic) bond motifs is 1. The van der Waals surface area contributed by atoms with Gasteiger partial charge in [0.05, 0.1) is 18.2 Å². The summed E-state index contributed by atoms with van der Waals surface area (Å²) in [6.45, 7) is 2.04. The Morgan fingerprint density at radius 1 is 1.15 bits per heavy atom. The van der Waals surface area contributed by atoms with E-state index in [4.69, 9.17) is 4.42 Å². The first-order valence-corrected chi connectivity index (χ1v) is 12.8. The molecule has 0 saturated heterocycles. The van der Waals surface area contributed by atoms with Crippen LogP contribution in [0.4, 0.5) is 0 Å². The van der Waals surface area contributed by atoms with Crippen LogP contribution in [0.5, 0.6) is 0 Å². The molecular weight excluding hydrogens is 432 g/mol. The number of nitrogens with one attached hydrogen (secondary N) is 1. The summed E-state index contributed by atoms with van der Waals surface area (Å²) in [7, 11) is 0. The lowest BCUT2D eigenvalue weighted by molar-refractivity contribution is -0.125. The molecular formula is C27H30N2O3S. The number of benzene rings is 1. The zero-order valence-corrected chi connectivity index (χ0v) is 19.7. The van der Waals surface area contributed by atoms with Gasteiger partial charge >= 0.3 is 0 Å². The summed E-state index contributed by atoms with van der Waals surface area (Å²) in [5.74, 6) is 0.548. The number of furan rings is 1. The molecule has 2 aromatic heterocycles. The summed E-state index contributed by atoms with van der Waals surface area (Å²) in [6.07, 6.45) is 7.52. The lowest BCUT2D eigenvalue weighted by atomic mass is 9.80. The smallest absolute Gasteiger partial charge is 0.254 e. The third-order valence-corrected chi connectivity index (χ3v) is 7.95. The van der Waals surface area contributed by atoms with Crippen molar-refractivity contribution in [2.24, 2.45) is 0 Å². The van der Waals surface area contributed by atoms with Gasteiger partial charge in [0, 0.05) is 28.9 Å². The molecule has 5 nitrogen and oxygen atoms in total. The average Bonchev–Trinajstić information content (AvgIpc) is 3.61. The van der Waals surface area contributed by atoms with E-state index in [9.17, 15) is 9.59 Å². The fourth-order valence-electron chi connectivity index (χ4n) is 5.40. The largest absolute Gasteiger partial charge is 0.469 e. The molecule has 172 valence electrons. The summed E-state index contributed by atoms with van der Waals surface area (Å²) in [5, 5.41) is 5.29. The quantitative estimate of drug-likeness (QED) is 0.490. The van der Waals surface area contributed by atoms with Crippen molar-refractivity contribution < 1.29 is 14.0 Å². The Bertz CT molecular complexity index is 1090. The van der Waals surface area contributed by atoms with Crippen molar-refractivity contribution in [3.8, 4) is 0 Å². The molecule has 2 amide bonds. The number of carbonyl (C=O) groups is 2. The zero-order chi connectivity index (χ0) is 22.8. The summed E-state index contributed by atoms with van der Waals surface area (Å²) < 4.78 is 5.45. The van der Waals surface area contributed by atoms with E-state index in [1.165, 1.54) is 0 Å². The molecule has 5 rings (SSSR count). The van der Waals surface area contributed by atoms with E-state index < -0.39 is 5.92 Å². The van der Waals surface area contributed by atoms with Gasteiger partial charge in [-0.3, -0.25) is 9.59 Å². The van der Waals surface area contributed by atoms with Crippen molar-refractivity contribution in [1.29, 1.82) is 0 Å². The van der Waals surface area contributed by atoms with Crippen molar-refractivity contribution in [3.05, 3.63) is 81.9 Å². The molecule has 0 bridgehead atoms. The molecule has 1 aliphatic heterocycles. The monoisotopic (exact) mass is 462 g/mol. The van der Waals surface area contributed by atoms with Gasteiger partial charge in [0.2, 0.25) is 5.91 Å². The maximum Gasteiger partial charge on any atom is 0.254 e. The molecule has 3 atom stereocenters. The van der Waals surface area contributed by atoms with Crippen LogP contribution in [-0.4, -0.2) is 28.8 Å². The van der Waals surface area contributed by atoms with E-state index in [2.05, 4.69) is 11.4 Å². The van der Waals surface area contributed by atoms with E-state index in [0.29, 0.717) is 5.56 Å². The topological polar surface area (TPSA) is 62.6 Å². The first kappa shape index (κ1) is 22.0.